The number of hydrogen-bond donors (Lipinski definition) is 0. The van der Waals surface area contributed by atoms with Crippen LogP contribution < -0.4 is 0 Å². The molecule has 0 N–H and O–H groups in total. The Balaban J connectivity index is 2.47. The van der Waals surface area contributed by atoms with E-state index < -0.39 is 0 Å². The van der Waals surface area contributed by atoms with Crippen molar-refractivity contribution in [3.63, 3.8) is 0 Å². The monoisotopic (exact) mass is 226 g/mol. The third-order valence-electron chi connectivity index (χ3n) is 1.98. The van der Waals surface area contributed by atoms with Gasteiger partial charge in [0.25, 0.3) is 0 Å². The van der Waals surface area contributed by atoms with E-state index in [-0.39, 0.29) is 0 Å². The minimum atomic E-state index is 0.558. The highest BCUT2D eigenvalue weighted by molar-refractivity contribution is 6.42. The molecule has 1 heterocycles. The van der Waals surface area contributed by atoms with Gasteiger partial charge in [-0.05, 0) is 30.7 Å². The topological polar surface area (TPSA) is 13.1 Å². The summed E-state index contributed by atoms with van der Waals surface area (Å²) in [6, 6.07) is 7.48. The molecule has 0 aliphatic heterocycles. The normalized spacial score (nSPS) is 10.5. The lowest BCUT2D eigenvalue weighted by Crippen LogP contribution is -1.74. The number of hydrogen-bond acceptors (Lipinski definition) is 1. The van der Waals surface area contributed by atoms with Crippen LogP contribution in [0.2, 0.25) is 10.0 Å². The lowest BCUT2D eigenvalue weighted by molar-refractivity contribution is 0.535. The van der Waals surface area contributed by atoms with Crippen molar-refractivity contribution in [2.45, 2.75) is 6.92 Å². The molecule has 14 heavy (non-hydrogen) atoms. The van der Waals surface area contributed by atoms with Gasteiger partial charge in [-0.3, -0.25) is 0 Å². The standard InChI is InChI=1S/C11H8Cl2O/c1-7-4-9(6-14-7)8-2-3-10(12)11(13)5-8/h2-6H,1H3. The Hall–Kier alpha value is -0.920. The molecule has 0 aliphatic rings. The van der Waals surface area contributed by atoms with Gasteiger partial charge in [0.05, 0.1) is 16.3 Å². The first-order valence-corrected chi connectivity index (χ1v) is 4.93. The highest BCUT2D eigenvalue weighted by Gasteiger charge is 2.04. The minimum absolute atomic E-state index is 0.558. The quantitative estimate of drug-likeness (QED) is 0.695. The van der Waals surface area contributed by atoms with Gasteiger partial charge in [-0.2, -0.15) is 0 Å². The molecular weight excluding hydrogens is 219 g/mol. The molecule has 0 saturated heterocycles. The molecule has 2 aromatic rings. The van der Waals surface area contributed by atoms with Crippen molar-refractivity contribution in [1.29, 1.82) is 0 Å². The van der Waals surface area contributed by atoms with Crippen molar-refractivity contribution in [3.8, 4) is 11.1 Å². The zero-order valence-electron chi connectivity index (χ0n) is 7.55. The second kappa shape index (κ2) is 3.68. The predicted molar refractivity (Wildman–Crippen MR) is 58.9 cm³/mol. The largest absolute Gasteiger partial charge is 0.469 e. The summed E-state index contributed by atoms with van der Waals surface area (Å²) < 4.78 is 5.21. The molecule has 0 aliphatic carbocycles. The number of rotatable bonds is 1. The van der Waals surface area contributed by atoms with Gasteiger partial charge in [0.1, 0.15) is 5.76 Å². The smallest absolute Gasteiger partial charge is 0.101 e. The van der Waals surface area contributed by atoms with E-state index in [0.717, 1.165) is 16.9 Å². The van der Waals surface area contributed by atoms with Gasteiger partial charge in [-0.1, -0.05) is 29.3 Å². The lowest BCUT2D eigenvalue weighted by atomic mass is 10.1. The second-order valence-electron chi connectivity index (χ2n) is 3.07. The SMILES string of the molecule is Cc1cc(-c2ccc(Cl)c(Cl)c2)co1. The van der Waals surface area contributed by atoms with Crippen LogP contribution in [0.4, 0.5) is 0 Å². The van der Waals surface area contributed by atoms with Gasteiger partial charge in [0.2, 0.25) is 0 Å². The van der Waals surface area contributed by atoms with Crippen LogP contribution in [0.25, 0.3) is 11.1 Å². The summed E-state index contributed by atoms with van der Waals surface area (Å²) in [4.78, 5) is 0. The minimum Gasteiger partial charge on any atom is -0.469 e. The van der Waals surface area contributed by atoms with Gasteiger partial charge < -0.3 is 4.42 Å². The average molecular weight is 227 g/mol. The second-order valence-corrected chi connectivity index (χ2v) is 3.89. The van der Waals surface area contributed by atoms with E-state index in [1.54, 1.807) is 12.3 Å². The fourth-order valence-corrected chi connectivity index (χ4v) is 1.57. The van der Waals surface area contributed by atoms with Gasteiger partial charge in [-0.15, -0.1) is 0 Å². The molecular formula is C11H8Cl2O. The molecule has 1 nitrogen and oxygen atoms in total. The molecule has 0 unspecified atom stereocenters. The maximum absolute atomic E-state index is 5.91. The molecule has 0 spiro atoms. The Morgan fingerprint density at radius 3 is 2.36 bits per heavy atom. The van der Waals surface area contributed by atoms with Crippen molar-refractivity contribution in [3.05, 3.63) is 46.3 Å². The molecule has 72 valence electrons. The molecule has 3 heteroatoms. The van der Waals surface area contributed by atoms with Crippen LogP contribution in [0.3, 0.4) is 0 Å². The van der Waals surface area contributed by atoms with Crippen molar-refractivity contribution in [2.75, 3.05) is 0 Å². The first-order chi connectivity index (χ1) is 6.66. The highest BCUT2D eigenvalue weighted by Crippen LogP contribution is 2.29. The summed E-state index contributed by atoms with van der Waals surface area (Å²) in [6.45, 7) is 1.90. The van der Waals surface area contributed by atoms with E-state index in [1.807, 2.05) is 25.1 Å². The van der Waals surface area contributed by atoms with Crippen molar-refractivity contribution in [1.82, 2.24) is 0 Å². The zero-order chi connectivity index (χ0) is 10.1. The van der Waals surface area contributed by atoms with Crippen molar-refractivity contribution >= 4 is 23.2 Å². The van der Waals surface area contributed by atoms with Crippen LogP contribution in [0.5, 0.6) is 0 Å². The number of furan rings is 1. The third-order valence-corrected chi connectivity index (χ3v) is 2.72. The van der Waals surface area contributed by atoms with Gasteiger partial charge in [0.15, 0.2) is 0 Å². The van der Waals surface area contributed by atoms with Crippen LogP contribution in [0.15, 0.2) is 34.9 Å². The summed E-state index contributed by atoms with van der Waals surface area (Å²) in [6.07, 6.45) is 1.70. The van der Waals surface area contributed by atoms with Crippen molar-refractivity contribution in [2.24, 2.45) is 0 Å². The van der Waals surface area contributed by atoms with Crippen LogP contribution in [0, 0.1) is 6.92 Å². The molecule has 0 bridgehead atoms. The van der Waals surface area contributed by atoms with Crippen LogP contribution >= 0.6 is 23.2 Å². The Labute approximate surface area is 92.3 Å². The summed E-state index contributed by atoms with van der Waals surface area (Å²) >= 11 is 11.7. The maximum Gasteiger partial charge on any atom is 0.101 e. The van der Waals surface area contributed by atoms with Crippen molar-refractivity contribution < 1.29 is 4.42 Å². The highest BCUT2D eigenvalue weighted by atomic mass is 35.5. The fraction of sp³-hybridized carbons (Fsp3) is 0.0909. The molecule has 1 aromatic heterocycles. The molecule has 2 rings (SSSR count). The average Bonchev–Trinajstić information content (AvgIpc) is 2.57. The molecule has 0 radical (unpaired) electrons. The Morgan fingerprint density at radius 1 is 1.00 bits per heavy atom. The molecule has 0 atom stereocenters. The van der Waals surface area contributed by atoms with E-state index in [0.29, 0.717) is 10.0 Å². The Bertz CT molecular complexity index is 460. The Morgan fingerprint density at radius 2 is 1.79 bits per heavy atom. The maximum atomic E-state index is 5.91. The van der Waals surface area contributed by atoms with Crippen LogP contribution in [-0.4, -0.2) is 0 Å². The first-order valence-electron chi connectivity index (χ1n) is 4.17. The number of halogens is 2. The fourth-order valence-electron chi connectivity index (χ4n) is 1.27. The summed E-state index contributed by atoms with van der Waals surface area (Å²) in [5.74, 6) is 0.881. The van der Waals surface area contributed by atoms with Crippen LogP contribution in [-0.2, 0) is 0 Å². The summed E-state index contributed by atoms with van der Waals surface area (Å²) in [5.41, 5.74) is 2.03. The van der Waals surface area contributed by atoms with E-state index in [1.165, 1.54) is 0 Å². The zero-order valence-corrected chi connectivity index (χ0v) is 9.06. The molecule has 0 saturated carbocycles. The number of benzene rings is 1. The van der Waals surface area contributed by atoms with Gasteiger partial charge in [0, 0.05) is 5.56 Å². The van der Waals surface area contributed by atoms with Gasteiger partial charge >= 0.3 is 0 Å². The lowest BCUT2D eigenvalue weighted by Gasteiger charge is -1.99. The van der Waals surface area contributed by atoms with Gasteiger partial charge in [-0.25, -0.2) is 0 Å². The molecule has 0 fully saturated rings. The molecule has 1 aromatic carbocycles. The predicted octanol–water partition coefficient (Wildman–Crippen LogP) is 4.56. The van der Waals surface area contributed by atoms with E-state index in [4.69, 9.17) is 27.6 Å². The Kier molecular flexibility index (Phi) is 2.53. The molecule has 0 amide bonds. The first kappa shape index (κ1) is 9.63. The number of aryl methyl sites for hydroxylation is 1. The van der Waals surface area contributed by atoms with E-state index >= 15 is 0 Å². The summed E-state index contributed by atoms with van der Waals surface area (Å²) in [5, 5.41) is 1.12. The van der Waals surface area contributed by atoms with E-state index in [9.17, 15) is 0 Å². The third kappa shape index (κ3) is 1.79. The van der Waals surface area contributed by atoms with Crippen LogP contribution in [0.1, 0.15) is 5.76 Å². The van der Waals surface area contributed by atoms with E-state index in [2.05, 4.69) is 0 Å². The summed E-state index contributed by atoms with van der Waals surface area (Å²) in [7, 11) is 0.